The molecule has 35 heavy (non-hydrogen) atoms. The number of aryl methyl sites for hydroxylation is 2. The molecule has 176 valence electrons. The number of hydrogen-bond donors (Lipinski definition) is 1. The third-order valence-electron chi connectivity index (χ3n) is 5.94. The van der Waals surface area contributed by atoms with Crippen molar-refractivity contribution in [1.29, 1.82) is 0 Å². The Morgan fingerprint density at radius 1 is 1.06 bits per heavy atom. The van der Waals surface area contributed by atoms with Crippen LogP contribution >= 0.6 is 15.9 Å². The van der Waals surface area contributed by atoms with Gasteiger partial charge in [0.15, 0.2) is 5.75 Å². The average Bonchev–Trinajstić information content (AvgIpc) is 3.20. The van der Waals surface area contributed by atoms with Gasteiger partial charge in [-0.05, 0) is 63.1 Å². The van der Waals surface area contributed by atoms with Crippen LogP contribution < -0.4 is 10.2 Å². The highest BCUT2D eigenvalue weighted by Gasteiger charge is 2.29. The number of carbonyl (C=O) groups is 2. The maximum absolute atomic E-state index is 13.1. The molecule has 4 aromatic rings. The van der Waals surface area contributed by atoms with E-state index in [1.165, 1.54) is 0 Å². The quantitative estimate of drug-likeness (QED) is 0.201. The Kier molecular flexibility index (Phi) is 6.21. The highest BCUT2D eigenvalue weighted by atomic mass is 79.9. The zero-order valence-electron chi connectivity index (χ0n) is 19.2. The van der Waals surface area contributed by atoms with Crippen molar-refractivity contribution in [3.05, 3.63) is 93.0 Å². The molecule has 0 unspecified atom stereocenters. The molecule has 0 saturated heterocycles. The molecule has 5 rings (SSSR count). The minimum atomic E-state index is -0.592. The molecule has 2 aromatic carbocycles. The number of carbonyl (C=O) groups excluding carboxylic acids is 2. The van der Waals surface area contributed by atoms with Gasteiger partial charge in [0.2, 0.25) is 5.76 Å². The molecule has 0 aliphatic heterocycles. The number of fused-ring (bicyclic) bond motifs is 2. The summed E-state index contributed by atoms with van der Waals surface area (Å²) >= 11 is 3.36. The minimum absolute atomic E-state index is 0.133. The number of ether oxygens (including phenoxy) is 1. The first-order chi connectivity index (χ1) is 16.9. The standard InChI is InChI=1S/C27H22BrN3O4/c1-15-9-10-17-5-3-8-22(24(17)29-15)35-27(33)25-16(2)23-20(6-4-7-21(23)34-25)30-31-26(32)18-11-13-19(28)14-12-18/h3,5,8-14H,4,6-7H2,1-2H3,(H,31,32)/b30-20+. The summed E-state index contributed by atoms with van der Waals surface area (Å²) in [7, 11) is 0. The number of esters is 1. The molecule has 1 aliphatic rings. The summed E-state index contributed by atoms with van der Waals surface area (Å²) in [6.07, 6.45) is 2.14. The van der Waals surface area contributed by atoms with Crippen LogP contribution in [-0.4, -0.2) is 22.6 Å². The topological polar surface area (TPSA) is 93.8 Å². The number of hydrazone groups is 1. The van der Waals surface area contributed by atoms with E-state index in [0.717, 1.165) is 27.5 Å². The van der Waals surface area contributed by atoms with Crippen molar-refractivity contribution in [2.24, 2.45) is 5.10 Å². The van der Waals surface area contributed by atoms with Gasteiger partial charge in [-0.2, -0.15) is 5.10 Å². The number of amides is 1. The van der Waals surface area contributed by atoms with Crippen LogP contribution in [0.25, 0.3) is 10.9 Å². The second kappa shape index (κ2) is 9.46. The second-order valence-electron chi connectivity index (χ2n) is 8.38. The normalized spacial score (nSPS) is 14.1. The van der Waals surface area contributed by atoms with Crippen molar-refractivity contribution in [3.8, 4) is 5.75 Å². The number of halogens is 1. The van der Waals surface area contributed by atoms with Crippen LogP contribution in [0.15, 0.2) is 68.6 Å². The van der Waals surface area contributed by atoms with Gasteiger partial charge in [0, 0.05) is 38.7 Å². The summed E-state index contributed by atoms with van der Waals surface area (Å²) in [6, 6.07) is 16.3. The van der Waals surface area contributed by atoms with Crippen molar-refractivity contribution in [2.45, 2.75) is 33.1 Å². The van der Waals surface area contributed by atoms with Crippen molar-refractivity contribution in [2.75, 3.05) is 0 Å². The van der Waals surface area contributed by atoms with Crippen LogP contribution in [0.4, 0.5) is 0 Å². The summed E-state index contributed by atoms with van der Waals surface area (Å²) in [5.41, 5.74) is 6.66. The fraction of sp³-hybridized carbons (Fsp3) is 0.185. The number of nitrogens with one attached hydrogen (secondary N) is 1. The summed E-state index contributed by atoms with van der Waals surface area (Å²) < 4.78 is 12.6. The van der Waals surface area contributed by atoms with Crippen LogP contribution in [0.5, 0.6) is 5.75 Å². The molecular weight excluding hydrogens is 510 g/mol. The van der Waals surface area contributed by atoms with E-state index in [1.807, 2.05) is 38.1 Å². The number of nitrogens with zero attached hydrogens (tertiary/aromatic N) is 2. The van der Waals surface area contributed by atoms with Crippen molar-refractivity contribution in [1.82, 2.24) is 10.4 Å². The van der Waals surface area contributed by atoms with Gasteiger partial charge in [-0.15, -0.1) is 0 Å². The molecular formula is C27H22BrN3O4. The molecule has 1 N–H and O–H groups in total. The lowest BCUT2D eigenvalue weighted by Gasteiger charge is -2.13. The molecule has 7 nitrogen and oxygen atoms in total. The zero-order valence-corrected chi connectivity index (χ0v) is 20.8. The monoisotopic (exact) mass is 531 g/mol. The molecule has 1 amide bonds. The Bertz CT molecular complexity index is 1490. The average molecular weight is 532 g/mol. The van der Waals surface area contributed by atoms with Crippen molar-refractivity contribution in [3.63, 3.8) is 0 Å². The zero-order chi connectivity index (χ0) is 24.5. The highest BCUT2D eigenvalue weighted by molar-refractivity contribution is 9.10. The van der Waals surface area contributed by atoms with Gasteiger partial charge in [0.25, 0.3) is 5.91 Å². The number of furan rings is 1. The van der Waals surface area contributed by atoms with Crippen molar-refractivity contribution < 1.29 is 18.7 Å². The van der Waals surface area contributed by atoms with Crippen LogP contribution in [0.1, 0.15) is 56.3 Å². The molecule has 0 fully saturated rings. The SMILES string of the molecule is Cc1ccc2cccc(OC(=O)c3oc4c(c3C)/C(=N/NC(=O)c3ccc(Br)cc3)CCC4)c2n1. The van der Waals surface area contributed by atoms with Crippen LogP contribution in [-0.2, 0) is 6.42 Å². The summed E-state index contributed by atoms with van der Waals surface area (Å²) in [5.74, 6) is 0.279. The maximum atomic E-state index is 13.1. The molecule has 2 heterocycles. The van der Waals surface area contributed by atoms with Gasteiger partial charge in [-0.1, -0.05) is 34.1 Å². The van der Waals surface area contributed by atoms with Crippen molar-refractivity contribution >= 4 is 44.4 Å². The predicted molar refractivity (Wildman–Crippen MR) is 136 cm³/mol. The predicted octanol–water partition coefficient (Wildman–Crippen LogP) is 5.90. The van der Waals surface area contributed by atoms with E-state index in [1.54, 1.807) is 30.3 Å². The first-order valence-electron chi connectivity index (χ1n) is 11.2. The largest absolute Gasteiger partial charge is 0.453 e. The Morgan fingerprint density at radius 3 is 2.66 bits per heavy atom. The summed E-state index contributed by atoms with van der Waals surface area (Å²) in [6.45, 7) is 3.70. The lowest BCUT2D eigenvalue weighted by Crippen LogP contribution is -2.22. The number of hydrogen-bond acceptors (Lipinski definition) is 6. The van der Waals surface area contributed by atoms with Gasteiger partial charge >= 0.3 is 5.97 Å². The molecule has 8 heteroatoms. The Labute approximate surface area is 210 Å². The molecule has 0 bridgehead atoms. The van der Waals surface area contributed by atoms with Crippen LogP contribution in [0.2, 0.25) is 0 Å². The fourth-order valence-electron chi connectivity index (χ4n) is 4.20. The van der Waals surface area contributed by atoms with Gasteiger partial charge in [0.05, 0.1) is 5.71 Å². The van der Waals surface area contributed by atoms with Gasteiger partial charge in [-0.3, -0.25) is 4.79 Å². The third-order valence-corrected chi connectivity index (χ3v) is 6.46. The fourth-order valence-corrected chi connectivity index (χ4v) is 4.47. The number of benzene rings is 2. The Morgan fingerprint density at radius 2 is 1.86 bits per heavy atom. The van der Waals surface area contributed by atoms with E-state index in [4.69, 9.17) is 9.15 Å². The van der Waals surface area contributed by atoms with Gasteiger partial charge in [0.1, 0.15) is 11.3 Å². The van der Waals surface area contributed by atoms with E-state index in [2.05, 4.69) is 31.4 Å². The Balaban J connectivity index is 1.41. The van der Waals surface area contributed by atoms with E-state index >= 15 is 0 Å². The number of para-hydroxylation sites is 1. The van der Waals surface area contributed by atoms with Gasteiger partial charge in [-0.25, -0.2) is 15.2 Å². The summed E-state index contributed by atoms with van der Waals surface area (Å²) in [4.78, 5) is 30.1. The van der Waals surface area contributed by atoms with E-state index < -0.39 is 5.97 Å². The maximum Gasteiger partial charge on any atom is 0.380 e. The number of aromatic nitrogens is 1. The summed E-state index contributed by atoms with van der Waals surface area (Å²) in [5, 5.41) is 5.26. The molecule has 0 atom stereocenters. The second-order valence-corrected chi connectivity index (χ2v) is 9.30. The molecule has 2 aromatic heterocycles. The lowest BCUT2D eigenvalue weighted by atomic mass is 9.93. The number of pyridine rings is 1. The van der Waals surface area contributed by atoms with E-state index in [-0.39, 0.29) is 11.7 Å². The molecule has 0 radical (unpaired) electrons. The minimum Gasteiger partial charge on any atom is -0.453 e. The first kappa shape index (κ1) is 23.0. The smallest absolute Gasteiger partial charge is 0.380 e. The van der Waals surface area contributed by atoms with Gasteiger partial charge < -0.3 is 9.15 Å². The van der Waals surface area contributed by atoms with E-state index in [0.29, 0.717) is 46.7 Å². The van der Waals surface area contributed by atoms with Crippen LogP contribution in [0.3, 0.4) is 0 Å². The lowest BCUT2D eigenvalue weighted by molar-refractivity contribution is 0.0700. The molecule has 0 spiro atoms. The molecule has 0 saturated carbocycles. The van der Waals surface area contributed by atoms with Crippen LogP contribution in [0, 0.1) is 13.8 Å². The number of rotatable bonds is 4. The Hall–Kier alpha value is -3.78. The third kappa shape index (κ3) is 4.61. The first-order valence-corrected chi connectivity index (χ1v) is 12.0. The molecule has 1 aliphatic carbocycles. The highest BCUT2D eigenvalue weighted by Crippen LogP contribution is 2.31. The van der Waals surface area contributed by atoms with E-state index in [9.17, 15) is 9.59 Å².